The maximum Gasteiger partial charge on any atom is 0.135 e. The number of thiocarbonyl (C=S) groups is 1. The first-order valence-corrected chi connectivity index (χ1v) is 7.34. The standard InChI is InChI=1S/C14H22N4S/c1-10(2)8-18(7-6-13(15)19)14-11-4-3-5-12(11)16-9-17-14/h9-10H,3-8H2,1-2H3,(H2,15,19). The van der Waals surface area contributed by atoms with E-state index in [1.165, 1.54) is 17.7 Å². The SMILES string of the molecule is CC(C)CN(CCC(N)=S)c1ncnc2c1CCC2. The maximum atomic E-state index is 5.63. The Hall–Kier alpha value is -1.23. The monoisotopic (exact) mass is 278 g/mol. The Morgan fingerprint density at radius 1 is 1.42 bits per heavy atom. The molecule has 1 heterocycles. The molecule has 0 aliphatic heterocycles. The van der Waals surface area contributed by atoms with Gasteiger partial charge in [-0.1, -0.05) is 26.1 Å². The van der Waals surface area contributed by atoms with Gasteiger partial charge in [0.2, 0.25) is 0 Å². The minimum Gasteiger partial charge on any atom is -0.393 e. The molecule has 5 heteroatoms. The van der Waals surface area contributed by atoms with Gasteiger partial charge in [0.1, 0.15) is 12.1 Å². The lowest BCUT2D eigenvalue weighted by Gasteiger charge is -2.27. The minimum absolute atomic E-state index is 0.569. The van der Waals surface area contributed by atoms with Crippen molar-refractivity contribution in [1.82, 2.24) is 9.97 Å². The van der Waals surface area contributed by atoms with Gasteiger partial charge < -0.3 is 10.6 Å². The number of hydrogen-bond donors (Lipinski definition) is 1. The van der Waals surface area contributed by atoms with Gasteiger partial charge in [-0.05, 0) is 25.2 Å². The van der Waals surface area contributed by atoms with E-state index in [0.717, 1.165) is 38.2 Å². The predicted octanol–water partition coefficient (Wildman–Crippen LogP) is 2.10. The highest BCUT2D eigenvalue weighted by atomic mass is 32.1. The molecule has 0 radical (unpaired) electrons. The molecule has 0 fully saturated rings. The molecule has 0 saturated heterocycles. The van der Waals surface area contributed by atoms with Crippen molar-refractivity contribution >= 4 is 23.0 Å². The van der Waals surface area contributed by atoms with Crippen molar-refractivity contribution in [3.63, 3.8) is 0 Å². The molecule has 1 aliphatic carbocycles. The first-order chi connectivity index (χ1) is 9.08. The quantitative estimate of drug-likeness (QED) is 0.808. The molecule has 0 aromatic carbocycles. The third-order valence-electron chi connectivity index (χ3n) is 3.37. The number of anilines is 1. The number of hydrogen-bond acceptors (Lipinski definition) is 4. The lowest BCUT2D eigenvalue weighted by Crippen LogP contribution is -2.32. The summed E-state index contributed by atoms with van der Waals surface area (Å²) in [5.74, 6) is 1.67. The van der Waals surface area contributed by atoms with Gasteiger partial charge >= 0.3 is 0 Å². The van der Waals surface area contributed by atoms with Crippen LogP contribution in [0.15, 0.2) is 6.33 Å². The first-order valence-electron chi connectivity index (χ1n) is 6.94. The molecule has 0 spiro atoms. The molecule has 104 valence electrons. The van der Waals surface area contributed by atoms with Crippen LogP contribution < -0.4 is 10.6 Å². The molecule has 2 rings (SSSR count). The molecular formula is C14H22N4S. The second kappa shape index (κ2) is 6.28. The van der Waals surface area contributed by atoms with E-state index in [0.29, 0.717) is 10.9 Å². The summed E-state index contributed by atoms with van der Waals surface area (Å²) in [5.41, 5.74) is 8.18. The zero-order valence-corrected chi connectivity index (χ0v) is 12.5. The summed E-state index contributed by atoms with van der Waals surface area (Å²) in [5, 5.41) is 0. The maximum absolute atomic E-state index is 5.63. The van der Waals surface area contributed by atoms with Gasteiger partial charge in [-0.25, -0.2) is 9.97 Å². The number of aromatic nitrogens is 2. The van der Waals surface area contributed by atoms with Crippen molar-refractivity contribution in [1.29, 1.82) is 0 Å². The molecule has 1 aromatic heterocycles. The van der Waals surface area contributed by atoms with Gasteiger partial charge in [-0.15, -0.1) is 0 Å². The number of fused-ring (bicyclic) bond motifs is 1. The molecule has 0 bridgehead atoms. The lowest BCUT2D eigenvalue weighted by molar-refractivity contribution is 0.607. The van der Waals surface area contributed by atoms with Crippen LogP contribution in [0.2, 0.25) is 0 Å². The van der Waals surface area contributed by atoms with Crippen molar-refractivity contribution in [3.8, 4) is 0 Å². The smallest absolute Gasteiger partial charge is 0.135 e. The summed E-state index contributed by atoms with van der Waals surface area (Å²) in [4.78, 5) is 11.8. The molecular weight excluding hydrogens is 256 g/mol. The third-order valence-corrected chi connectivity index (χ3v) is 3.57. The van der Waals surface area contributed by atoms with Crippen molar-refractivity contribution in [3.05, 3.63) is 17.6 Å². The van der Waals surface area contributed by atoms with E-state index < -0.39 is 0 Å². The molecule has 4 nitrogen and oxygen atoms in total. The third kappa shape index (κ3) is 3.62. The van der Waals surface area contributed by atoms with Gasteiger partial charge in [0.15, 0.2) is 0 Å². The largest absolute Gasteiger partial charge is 0.393 e. The highest BCUT2D eigenvalue weighted by molar-refractivity contribution is 7.80. The summed E-state index contributed by atoms with van der Waals surface area (Å²) in [6, 6.07) is 0. The Morgan fingerprint density at radius 3 is 2.89 bits per heavy atom. The Bertz CT molecular complexity index is 459. The Morgan fingerprint density at radius 2 is 2.21 bits per heavy atom. The molecule has 1 aromatic rings. The Kier molecular flexibility index (Phi) is 4.69. The zero-order chi connectivity index (χ0) is 13.8. The van der Waals surface area contributed by atoms with E-state index >= 15 is 0 Å². The molecule has 0 unspecified atom stereocenters. The highest BCUT2D eigenvalue weighted by Gasteiger charge is 2.21. The summed E-state index contributed by atoms with van der Waals surface area (Å²) in [6.07, 6.45) is 5.78. The topological polar surface area (TPSA) is 55.0 Å². The van der Waals surface area contributed by atoms with Crippen LogP contribution >= 0.6 is 12.2 Å². The van der Waals surface area contributed by atoms with Crippen molar-refractivity contribution in [2.45, 2.75) is 39.5 Å². The van der Waals surface area contributed by atoms with Crippen LogP contribution in [0.5, 0.6) is 0 Å². The fourth-order valence-corrected chi connectivity index (χ4v) is 2.68. The number of nitrogens with zero attached hydrogens (tertiary/aromatic N) is 3. The lowest BCUT2D eigenvalue weighted by atomic mass is 10.1. The Labute approximate surface area is 120 Å². The molecule has 0 saturated carbocycles. The van der Waals surface area contributed by atoms with Crippen LogP contribution in [-0.2, 0) is 12.8 Å². The van der Waals surface area contributed by atoms with Gasteiger partial charge in [-0.2, -0.15) is 0 Å². The van der Waals surface area contributed by atoms with Crippen molar-refractivity contribution < 1.29 is 0 Å². The summed E-state index contributed by atoms with van der Waals surface area (Å²) in [6.45, 7) is 6.26. The van der Waals surface area contributed by atoms with Crippen LogP contribution in [0.1, 0.15) is 37.9 Å². The van der Waals surface area contributed by atoms with E-state index in [1.54, 1.807) is 6.33 Å². The van der Waals surface area contributed by atoms with E-state index in [4.69, 9.17) is 18.0 Å². The molecule has 0 amide bonds. The zero-order valence-electron chi connectivity index (χ0n) is 11.7. The first kappa shape index (κ1) is 14.2. The second-order valence-corrected chi connectivity index (χ2v) is 6.06. The van der Waals surface area contributed by atoms with Gasteiger partial charge in [-0.3, -0.25) is 0 Å². The average Bonchev–Trinajstić information content (AvgIpc) is 2.81. The van der Waals surface area contributed by atoms with Crippen LogP contribution in [0, 0.1) is 5.92 Å². The summed E-state index contributed by atoms with van der Waals surface area (Å²) >= 11 is 5.00. The van der Waals surface area contributed by atoms with Gasteiger partial charge in [0, 0.05) is 30.8 Å². The van der Waals surface area contributed by atoms with Crippen LogP contribution in [0.4, 0.5) is 5.82 Å². The summed E-state index contributed by atoms with van der Waals surface area (Å²) < 4.78 is 0. The normalized spacial score (nSPS) is 13.6. The van der Waals surface area contributed by atoms with Gasteiger partial charge in [0.25, 0.3) is 0 Å². The van der Waals surface area contributed by atoms with E-state index in [-0.39, 0.29) is 0 Å². The summed E-state index contributed by atoms with van der Waals surface area (Å²) in [7, 11) is 0. The second-order valence-electron chi connectivity index (χ2n) is 5.53. The van der Waals surface area contributed by atoms with E-state index in [2.05, 4.69) is 28.7 Å². The predicted molar refractivity (Wildman–Crippen MR) is 82.5 cm³/mol. The van der Waals surface area contributed by atoms with Crippen LogP contribution in [-0.4, -0.2) is 28.0 Å². The Balaban J connectivity index is 2.22. The molecule has 2 N–H and O–H groups in total. The van der Waals surface area contributed by atoms with Gasteiger partial charge in [0.05, 0.1) is 4.99 Å². The number of nitrogens with two attached hydrogens (primary N) is 1. The minimum atomic E-state index is 0.569. The van der Waals surface area contributed by atoms with E-state index in [9.17, 15) is 0 Å². The fourth-order valence-electron chi connectivity index (χ4n) is 2.58. The molecule has 19 heavy (non-hydrogen) atoms. The van der Waals surface area contributed by atoms with Crippen molar-refractivity contribution in [2.24, 2.45) is 11.7 Å². The fraction of sp³-hybridized carbons (Fsp3) is 0.643. The van der Waals surface area contributed by atoms with Crippen LogP contribution in [0.3, 0.4) is 0 Å². The number of aryl methyl sites for hydroxylation is 1. The molecule has 1 aliphatic rings. The average molecular weight is 278 g/mol. The van der Waals surface area contributed by atoms with Crippen molar-refractivity contribution in [2.75, 3.05) is 18.0 Å². The van der Waals surface area contributed by atoms with E-state index in [1.807, 2.05) is 0 Å². The molecule has 0 atom stereocenters. The van der Waals surface area contributed by atoms with Crippen LogP contribution in [0.25, 0.3) is 0 Å². The highest BCUT2D eigenvalue weighted by Crippen LogP contribution is 2.28. The number of rotatable bonds is 6.